The Morgan fingerprint density at radius 3 is 2.54 bits per heavy atom. The Morgan fingerprint density at radius 2 is 1.88 bits per heavy atom. The maximum Gasteiger partial charge on any atom is 0.328 e. The minimum atomic E-state index is -0.792. The van der Waals surface area contributed by atoms with E-state index in [4.69, 9.17) is 11.2 Å². The predicted molar refractivity (Wildman–Crippen MR) is 98.5 cm³/mol. The molecule has 0 saturated heterocycles. The van der Waals surface area contributed by atoms with Gasteiger partial charge >= 0.3 is 5.97 Å². The first kappa shape index (κ1) is 19.1. The average Bonchev–Trinajstić information content (AvgIpc) is 2.67. The van der Waals surface area contributed by atoms with Crippen molar-refractivity contribution >= 4 is 11.9 Å². The van der Waals surface area contributed by atoms with E-state index in [2.05, 4.69) is 11.2 Å². The molecule has 0 bridgehead atoms. The molecule has 134 valence electrons. The zero-order valence-electron chi connectivity index (χ0n) is 14.6. The number of aryl methyl sites for hydroxylation is 1. The van der Waals surface area contributed by atoms with E-state index in [9.17, 15) is 14.7 Å². The molecule has 0 aromatic heterocycles. The smallest absolute Gasteiger partial charge is 0.328 e. The lowest BCUT2D eigenvalue weighted by Crippen LogP contribution is -2.43. The van der Waals surface area contributed by atoms with Crippen molar-refractivity contribution in [3.63, 3.8) is 0 Å². The van der Waals surface area contributed by atoms with Gasteiger partial charge in [-0.3, -0.25) is 4.79 Å². The van der Waals surface area contributed by atoms with Crippen molar-refractivity contribution in [2.45, 2.75) is 25.3 Å². The van der Waals surface area contributed by atoms with Crippen LogP contribution in [0.5, 0.6) is 5.75 Å². The van der Waals surface area contributed by atoms with Gasteiger partial charge in [-0.25, -0.2) is 4.79 Å². The number of phenolic OH excluding ortho intramolecular Hbond substituents is 1. The molecule has 0 aliphatic rings. The second-order valence-electron chi connectivity index (χ2n) is 5.82. The van der Waals surface area contributed by atoms with Gasteiger partial charge in [0.15, 0.2) is 0 Å². The van der Waals surface area contributed by atoms with Gasteiger partial charge in [-0.05, 0) is 35.7 Å². The van der Waals surface area contributed by atoms with E-state index >= 15 is 0 Å². The molecule has 26 heavy (non-hydrogen) atoms. The number of ether oxygens (including phenoxy) is 1. The number of rotatable bonds is 7. The normalized spacial score (nSPS) is 11.2. The summed E-state index contributed by atoms with van der Waals surface area (Å²) in [6.45, 7) is 0. The molecule has 1 atom stereocenters. The SMILES string of the molecule is C#Cc1ccccc1CCC(=O)N[C@H](Cc1ccc(O)cc1)C(=O)OC. The van der Waals surface area contributed by atoms with Crippen molar-refractivity contribution in [3.8, 4) is 18.1 Å². The molecule has 2 aromatic carbocycles. The van der Waals surface area contributed by atoms with E-state index < -0.39 is 12.0 Å². The van der Waals surface area contributed by atoms with Crippen LogP contribution in [0, 0.1) is 12.3 Å². The number of benzene rings is 2. The predicted octanol–water partition coefficient (Wildman–Crippen LogP) is 2.21. The van der Waals surface area contributed by atoms with E-state index in [0.29, 0.717) is 6.42 Å². The van der Waals surface area contributed by atoms with Crippen LogP contribution in [-0.4, -0.2) is 30.1 Å². The topological polar surface area (TPSA) is 75.6 Å². The Morgan fingerprint density at radius 1 is 1.19 bits per heavy atom. The van der Waals surface area contributed by atoms with Gasteiger partial charge in [0.2, 0.25) is 5.91 Å². The summed E-state index contributed by atoms with van der Waals surface area (Å²) in [5.41, 5.74) is 2.48. The molecule has 1 amide bonds. The van der Waals surface area contributed by atoms with Crippen LogP contribution in [0.15, 0.2) is 48.5 Å². The number of amides is 1. The molecule has 0 fully saturated rings. The van der Waals surface area contributed by atoms with Crippen LogP contribution < -0.4 is 5.32 Å². The van der Waals surface area contributed by atoms with Crippen LogP contribution in [0.3, 0.4) is 0 Å². The van der Waals surface area contributed by atoms with Gasteiger partial charge in [-0.15, -0.1) is 6.42 Å². The summed E-state index contributed by atoms with van der Waals surface area (Å²) in [6, 6.07) is 13.1. The Bertz CT molecular complexity index is 806. The van der Waals surface area contributed by atoms with Gasteiger partial charge in [-0.1, -0.05) is 36.3 Å². The molecule has 0 aliphatic heterocycles. The molecule has 0 unspecified atom stereocenters. The van der Waals surface area contributed by atoms with Gasteiger partial charge < -0.3 is 15.2 Å². The number of esters is 1. The third-order valence-electron chi connectivity index (χ3n) is 3.99. The minimum Gasteiger partial charge on any atom is -0.508 e. The zero-order valence-corrected chi connectivity index (χ0v) is 14.6. The molecule has 2 rings (SSSR count). The fourth-order valence-corrected chi connectivity index (χ4v) is 2.60. The third kappa shape index (κ3) is 5.38. The second kappa shape index (κ2) is 9.28. The standard InChI is InChI=1S/C21H21NO4/c1-3-16-6-4-5-7-17(16)10-13-20(24)22-19(21(25)26-2)14-15-8-11-18(23)12-9-15/h1,4-9,11-12,19,23H,10,13-14H2,2H3,(H,22,24)/t19-/m1/s1. The highest BCUT2D eigenvalue weighted by atomic mass is 16.5. The highest BCUT2D eigenvalue weighted by molar-refractivity contribution is 5.84. The van der Waals surface area contributed by atoms with Crippen molar-refractivity contribution in [1.82, 2.24) is 5.32 Å². The zero-order chi connectivity index (χ0) is 18.9. The van der Waals surface area contributed by atoms with Crippen molar-refractivity contribution in [1.29, 1.82) is 0 Å². The second-order valence-corrected chi connectivity index (χ2v) is 5.82. The molecule has 0 spiro atoms. The van der Waals surface area contributed by atoms with Crippen LogP contribution in [0.2, 0.25) is 0 Å². The van der Waals surface area contributed by atoms with Crippen molar-refractivity contribution in [3.05, 3.63) is 65.2 Å². The number of hydrogen-bond donors (Lipinski definition) is 2. The minimum absolute atomic E-state index is 0.139. The number of methoxy groups -OCH3 is 1. The molecule has 0 radical (unpaired) electrons. The number of terminal acetylenes is 1. The van der Waals surface area contributed by atoms with Gasteiger partial charge in [0.05, 0.1) is 7.11 Å². The fourth-order valence-electron chi connectivity index (χ4n) is 2.60. The van der Waals surface area contributed by atoms with E-state index in [0.717, 1.165) is 16.7 Å². The lowest BCUT2D eigenvalue weighted by atomic mass is 10.0. The summed E-state index contributed by atoms with van der Waals surface area (Å²) in [7, 11) is 1.28. The van der Waals surface area contributed by atoms with Crippen molar-refractivity contribution < 1.29 is 19.4 Å². The van der Waals surface area contributed by atoms with Crippen LogP contribution in [0.1, 0.15) is 23.1 Å². The fraction of sp³-hybridized carbons (Fsp3) is 0.238. The monoisotopic (exact) mass is 351 g/mol. The van der Waals surface area contributed by atoms with Crippen LogP contribution >= 0.6 is 0 Å². The molecule has 0 heterocycles. The molecule has 5 nitrogen and oxygen atoms in total. The third-order valence-corrected chi connectivity index (χ3v) is 3.99. The van der Waals surface area contributed by atoms with Crippen LogP contribution in [0.4, 0.5) is 0 Å². The average molecular weight is 351 g/mol. The van der Waals surface area contributed by atoms with E-state index in [1.807, 2.05) is 24.3 Å². The Kier molecular flexibility index (Phi) is 6.81. The van der Waals surface area contributed by atoms with Crippen LogP contribution in [-0.2, 0) is 27.2 Å². The van der Waals surface area contributed by atoms with E-state index in [1.165, 1.54) is 19.2 Å². The first-order chi connectivity index (χ1) is 12.5. The quantitative estimate of drug-likeness (QED) is 0.592. The van der Waals surface area contributed by atoms with E-state index in [-0.39, 0.29) is 24.5 Å². The summed E-state index contributed by atoms with van der Waals surface area (Å²) in [6.07, 6.45) is 6.44. The number of phenols is 1. The molecule has 0 aliphatic carbocycles. The first-order valence-corrected chi connectivity index (χ1v) is 8.23. The van der Waals surface area contributed by atoms with Crippen LogP contribution in [0.25, 0.3) is 0 Å². The van der Waals surface area contributed by atoms with E-state index in [1.54, 1.807) is 12.1 Å². The van der Waals surface area contributed by atoms with Gasteiger partial charge in [0.1, 0.15) is 11.8 Å². The summed E-state index contributed by atoms with van der Waals surface area (Å²) >= 11 is 0. The maximum atomic E-state index is 12.3. The molecular formula is C21H21NO4. The number of carbonyl (C=O) groups excluding carboxylic acids is 2. The summed E-state index contributed by atoms with van der Waals surface area (Å²) in [4.78, 5) is 24.3. The molecule has 5 heteroatoms. The summed E-state index contributed by atoms with van der Waals surface area (Å²) < 4.78 is 4.78. The lowest BCUT2D eigenvalue weighted by Gasteiger charge is -2.17. The molecule has 2 N–H and O–H groups in total. The highest BCUT2D eigenvalue weighted by Gasteiger charge is 2.22. The number of nitrogens with one attached hydrogen (secondary N) is 1. The van der Waals surface area contributed by atoms with Gasteiger partial charge in [0.25, 0.3) is 0 Å². The largest absolute Gasteiger partial charge is 0.508 e. The molecular weight excluding hydrogens is 330 g/mol. The lowest BCUT2D eigenvalue weighted by molar-refractivity contribution is -0.145. The Balaban J connectivity index is 1.98. The molecule has 2 aromatic rings. The maximum absolute atomic E-state index is 12.3. The number of aromatic hydroxyl groups is 1. The van der Waals surface area contributed by atoms with Crippen molar-refractivity contribution in [2.75, 3.05) is 7.11 Å². The highest BCUT2D eigenvalue weighted by Crippen LogP contribution is 2.13. The Labute approximate surface area is 153 Å². The van der Waals surface area contributed by atoms with Gasteiger partial charge in [-0.2, -0.15) is 0 Å². The van der Waals surface area contributed by atoms with Crippen molar-refractivity contribution in [2.24, 2.45) is 0 Å². The Hall–Kier alpha value is -3.26. The van der Waals surface area contributed by atoms with Gasteiger partial charge in [0, 0.05) is 18.4 Å². The molecule has 0 saturated carbocycles. The number of carbonyl (C=O) groups is 2. The summed E-state index contributed by atoms with van der Waals surface area (Å²) in [5, 5.41) is 12.0. The summed E-state index contributed by atoms with van der Waals surface area (Å²) in [5.74, 6) is 1.96. The number of hydrogen-bond acceptors (Lipinski definition) is 4. The first-order valence-electron chi connectivity index (χ1n) is 8.23.